The zero-order chi connectivity index (χ0) is 12.5. The number of nitrogens with zero attached hydrogens (tertiary/aromatic N) is 2. The average molecular weight is 247 g/mol. The van der Waals surface area contributed by atoms with E-state index in [4.69, 9.17) is 9.84 Å². The van der Waals surface area contributed by atoms with E-state index < -0.39 is 5.97 Å². The highest BCUT2D eigenvalue weighted by atomic mass is 16.5. The lowest BCUT2D eigenvalue weighted by Gasteiger charge is -2.19. The molecule has 0 spiro atoms. The van der Waals surface area contributed by atoms with Gasteiger partial charge in [0.1, 0.15) is 5.82 Å². The Balaban J connectivity index is 1.97. The van der Waals surface area contributed by atoms with E-state index in [1.165, 1.54) is 6.20 Å². The number of pyridine rings is 1. The summed E-state index contributed by atoms with van der Waals surface area (Å²) in [5, 5.41) is 8.91. The second kappa shape index (κ2) is 4.38. The Kier molecular flexibility index (Phi) is 2.71. The van der Waals surface area contributed by atoms with E-state index in [-0.39, 0.29) is 5.56 Å². The summed E-state index contributed by atoms with van der Waals surface area (Å²) in [6, 6.07) is 1.57. The molecule has 1 aliphatic heterocycles. The SMILES string of the molecule is O=C(O)c1cnc2nc(C3CCOCC3)[nH]c2c1. The Hall–Kier alpha value is -1.95. The van der Waals surface area contributed by atoms with Gasteiger partial charge in [0.25, 0.3) is 0 Å². The van der Waals surface area contributed by atoms with Crippen molar-refractivity contribution in [2.24, 2.45) is 0 Å². The molecular weight excluding hydrogens is 234 g/mol. The van der Waals surface area contributed by atoms with Gasteiger partial charge in [-0.05, 0) is 18.9 Å². The number of nitrogens with one attached hydrogen (secondary N) is 1. The molecule has 18 heavy (non-hydrogen) atoms. The predicted octanol–water partition coefficient (Wildman–Crippen LogP) is 1.55. The van der Waals surface area contributed by atoms with Gasteiger partial charge in [-0.25, -0.2) is 14.8 Å². The van der Waals surface area contributed by atoms with Crippen LogP contribution in [0, 0.1) is 0 Å². The minimum absolute atomic E-state index is 0.171. The van der Waals surface area contributed by atoms with Gasteiger partial charge in [-0.3, -0.25) is 0 Å². The minimum Gasteiger partial charge on any atom is -0.478 e. The Labute approximate surface area is 103 Å². The summed E-state index contributed by atoms with van der Waals surface area (Å²) < 4.78 is 5.31. The zero-order valence-electron chi connectivity index (χ0n) is 9.72. The molecule has 2 aromatic rings. The first-order valence-electron chi connectivity index (χ1n) is 5.91. The van der Waals surface area contributed by atoms with E-state index in [1.807, 2.05) is 0 Å². The standard InChI is InChI=1S/C12H13N3O3/c16-12(17)8-5-9-11(13-6-8)15-10(14-9)7-1-3-18-4-2-7/h5-7H,1-4H2,(H,16,17)(H,13,14,15). The van der Waals surface area contributed by atoms with Crippen LogP contribution in [0.15, 0.2) is 12.3 Å². The minimum atomic E-state index is -0.980. The van der Waals surface area contributed by atoms with Gasteiger partial charge in [0.2, 0.25) is 0 Å². The van der Waals surface area contributed by atoms with E-state index in [9.17, 15) is 4.79 Å². The van der Waals surface area contributed by atoms with Crippen LogP contribution in [0.1, 0.15) is 34.9 Å². The summed E-state index contributed by atoms with van der Waals surface area (Å²) in [5.74, 6) is 0.246. The van der Waals surface area contributed by atoms with E-state index in [1.54, 1.807) is 6.07 Å². The molecule has 3 rings (SSSR count). The molecule has 0 amide bonds. The maximum absolute atomic E-state index is 10.9. The summed E-state index contributed by atoms with van der Waals surface area (Å²) in [6.07, 6.45) is 3.20. The number of hydrogen-bond donors (Lipinski definition) is 2. The number of carbonyl (C=O) groups is 1. The Morgan fingerprint density at radius 3 is 2.94 bits per heavy atom. The quantitative estimate of drug-likeness (QED) is 0.840. The van der Waals surface area contributed by atoms with Crippen molar-refractivity contribution in [3.8, 4) is 0 Å². The summed E-state index contributed by atoms with van der Waals surface area (Å²) in [7, 11) is 0. The third kappa shape index (κ3) is 1.95. The summed E-state index contributed by atoms with van der Waals surface area (Å²) >= 11 is 0. The van der Waals surface area contributed by atoms with Gasteiger partial charge in [-0.1, -0.05) is 0 Å². The highest BCUT2D eigenvalue weighted by Gasteiger charge is 2.20. The monoisotopic (exact) mass is 247 g/mol. The molecule has 1 saturated heterocycles. The van der Waals surface area contributed by atoms with Gasteiger partial charge in [0.15, 0.2) is 5.65 Å². The molecule has 1 aliphatic rings. The van der Waals surface area contributed by atoms with Gasteiger partial charge in [-0.2, -0.15) is 0 Å². The van der Waals surface area contributed by atoms with Crippen LogP contribution in [0.3, 0.4) is 0 Å². The van der Waals surface area contributed by atoms with Crippen molar-refractivity contribution in [3.63, 3.8) is 0 Å². The van der Waals surface area contributed by atoms with Crippen LogP contribution >= 0.6 is 0 Å². The topological polar surface area (TPSA) is 88.1 Å². The number of aromatic nitrogens is 3. The molecule has 0 bridgehead atoms. The van der Waals surface area contributed by atoms with E-state index in [0.29, 0.717) is 17.1 Å². The number of imidazole rings is 1. The number of fused-ring (bicyclic) bond motifs is 1. The molecule has 0 unspecified atom stereocenters. The van der Waals surface area contributed by atoms with Gasteiger partial charge in [-0.15, -0.1) is 0 Å². The van der Waals surface area contributed by atoms with Gasteiger partial charge < -0.3 is 14.8 Å². The molecule has 0 atom stereocenters. The smallest absolute Gasteiger partial charge is 0.337 e. The largest absolute Gasteiger partial charge is 0.478 e. The third-order valence-corrected chi connectivity index (χ3v) is 3.21. The Bertz CT molecular complexity index is 587. The lowest BCUT2D eigenvalue weighted by molar-refractivity contribution is 0.0696. The van der Waals surface area contributed by atoms with E-state index >= 15 is 0 Å². The highest BCUT2D eigenvalue weighted by molar-refractivity contribution is 5.90. The first-order chi connectivity index (χ1) is 8.74. The van der Waals surface area contributed by atoms with Crippen LogP contribution < -0.4 is 0 Å². The number of hydrogen-bond acceptors (Lipinski definition) is 4. The molecule has 1 fully saturated rings. The van der Waals surface area contributed by atoms with Crippen LogP contribution in [-0.2, 0) is 4.74 Å². The average Bonchev–Trinajstić information content (AvgIpc) is 2.82. The number of ether oxygens (including phenoxy) is 1. The second-order valence-electron chi connectivity index (χ2n) is 4.41. The molecule has 2 N–H and O–H groups in total. The van der Waals surface area contributed by atoms with E-state index in [2.05, 4.69) is 15.0 Å². The fourth-order valence-electron chi connectivity index (χ4n) is 2.20. The molecule has 2 aromatic heterocycles. The van der Waals surface area contributed by atoms with Crippen LogP contribution in [0.25, 0.3) is 11.2 Å². The highest BCUT2D eigenvalue weighted by Crippen LogP contribution is 2.26. The molecule has 6 heteroatoms. The van der Waals surface area contributed by atoms with Crippen LogP contribution in [0.4, 0.5) is 0 Å². The molecule has 3 heterocycles. The molecule has 0 aromatic carbocycles. The summed E-state index contributed by atoms with van der Waals surface area (Å²) in [6.45, 7) is 1.49. The van der Waals surface area contributed by atoms with Crippen molar-refractivity contribution >= 4 is 17.1 Å². The fraction of sp³-hybridized carbons (Fsp3) is 0.417. The first-order valence-corrected chi connectivity index (χ1v) is 5.91. The van der Waals surface area contributed by atoms with Crippen molar-refractivity contribution in [2.75, 3.05) is 13.2 Å². The lowest BCUT2D eigenvalue weighted by atomic mass is 10.00. The maximum Gasteiger partial charge on any atom is 0.337 e. The molecule has 94 valence electrons. The summed E-state index contributed by atoms with van der Waals surface area (Å²) in [5.41, 5.74) is 1.42. The molecular formula is C12H13N3O3. The lowest BCUT2D eigenvalue weighted by Crippen LogP contribution is -2.15. The maximum atomic E-state index is 10.9. The second-order valence-corrected chi connectivity index (χ2v) is 4.41. The van der Waals surface area contributed by atoms with Crippen LogP contribution in [-0.4, -0.2) is 39.2 Å². The number of aromatic carboxylic acids is 1. The van der Waals surface area contributed by atoms with Gasteiger partial charge in [0, 0.05) is 25.3 Å². The van der Waals surface area contributed by atoms with Crippen molar-refractivity contribution < 1.29 is 14.6 Å². The normalized spacial score (nSPS) is 17.1. The number of carboxylic acid groups (broad SMARTS) is 1. The van der Waals surface area contributed by atoms with E-state index in [0.717, 1.165) is 31.9 Å². The Morgan fingerprint density at radius 1 is 1.44 bits per heavy atom. The number of carboxylic acids is 1. The molecule has 0 radical (unpaired) electrons. The zero-order valence-corrected chi connectivity index (χ0v) is 9.72. The number of aromatic amines is 1. The molecule has 6 nitrogen and oxygen atoms in total. The Morgan fingerprint density at radius 2 is 2.22 bits per heavy atom. The van der Waals surface area contributed by atoms with Crippen molar-refractivity contribution in [2.45, 2.75) is 18.8 Å². The van der Waals surface area contributed by atoms with Gasteiger partial charge >= 0.3 is 5.97 Å². The summed E-state index contributed by atoms with van der Waals surface area (Å²) in [4.78, 5) is 22.5. The third-order valence-electron chi connectivity index (χ3n) is 3.21. The molecule has 0 saturated carbocycles. The number of rotatable bonds is 2. The van der Waals surface area contributed by atoms with Crippen LogP contribution in [0.5, 0.6) is 0 Å². The first kappa shape index (κ1) is 11.2. The van der Waals surface area contributed by atoms with Crippen molar-refractivity contribution in [1.29, 1.82) is 0 Å². The van der Waals surface area contributed by atoms with Crippen molar-refractivity contribution in [3.05, 3.63) is 23.7 Å². The van der Waals surface area contributed by atoms with Gasteiger partial charge in [0.05, 0.1) is 11.1 Å². The predicted molar refractivity (Wildman–Crippen MR) is 63.6 cm³/mol. The fourth-order valence-corrected chi connectivity index (χ4v) is 2.20. The van der Waals surface area contributed by atoms with Crippen molar-refractivity contribution in [1.82, 2.24) is 15.0 Å². The van der Waals surface area contributed by atoms with Crippen LogP contribution in [0.2, 0.25) is 0 Å². The molecule has 0 aliphatic carbocycles. The number of H-pyrrole nitrogens is 1.